The van der Waals surface area contributed by atoms with Crippen molar-refractivity contribution in [3.8, 4) is 0 Å². The molecule has 0 radical (unpaired) electrons. The molecule has 0 aliphatic rings. The van der Waals surface area contributed by atoms with E-state index in [1.807, 2.05) is 60.7 Å². The van der Waals surface area contributed by atoms with Gasteiger partial charge in [0.2, 0.25) is 5.91 Å². The van der Waals surface area contributed by atoms with Gasteiger partial charge in [0.05, 0.1) is 6.61 Å². The zero-order chi connectivity index (χ0) is 15.1. The molecule has 2 aromatic rings. The molecule has 0 spiro atoms. The average molecular weight is 284 g/mol. The SMILES string of the molecule is N[C@@H](C(=O)N(CCO)Cc1ccccc1)c1ccccc1. The second-order valence-corrected chi connectivity index (χ2v) is 4.86. The van der Waals surface area contributed by atoms with E-state index in [0.29, 0.717) is 6.54 Å². The molecule has 4 heteroatoms. The fourth-order valence-corrected chi connectivity index (χ4v) is 2.19. The van der Waals surface area contributed by atoms with Gasteiger partial charge in [0, 0.05) is 13.1 Å². The Hall–Kier alpha value is -2.17. The molecule has 2 rings (SSSR count). The zero-order valence-corrected chi connectivity index (χ0v) is 11.9. The van der Waals surface area contributed by atoms with Crippen molar-refractivity contribution < 1.29 is 9.90 Å². The van der Waals surface area contributed by atoms with E-state index in [-0.39, 0.29) is 19.1 Å². The van der Waals surface area contributed by atoms with Crippen molar-refractivity contribution in [1.82, 2.24) is 4.90 Å². The van der Waals surface area contributed by atoms with Crippen LogP contribution in [0.4, 0.5) is 0 Å². The lowest BCUT2D eigenvalue weighted by Gasteiger charge is -2.25. The molecule has 0 aliphatic carbocycles. The standard InChI is InChI=1S/C17H20N2O2/c18-16(15-9-5-2-6-10-15)17(21)19(11-12-20)13-14-7-3-1-4-8-14/h1-10,16,20H,11-13,18H2/t16-/m1/s1. The monoisotopic (exact) mass is 284 g/mol. The van der Waals surface area contributed by atoms with Crippen LogP contribution in [0.5, 0.6) is 0 Å². The average Bonchev–Trinajstić information content (AvgIpc) is 2.55. The molecule has 0 aromatic heterocycles. The van der Waals surface area contributed by atoms with Gasteiger partial charge in [-0.2, -0.15) is 0 Å². The quantitative estimate of drug-likeness (QED) is 0.848. The number of hydrogen-bond acceptors (Lipinski definition) is 3. The van der Waals surface area contributed by atoms with Crippen LogP contribution in [-0.4, -0.2) is 29.1 Å². The van der Waals surface area contributed by atoms with Crippen molar-refractivity contribution in [2.24, 2.45) is 5.73 Å². The Morgan fingerprint density at radius 1 is 1.05 bits per heavy atom. The molecule has 0 bridgehead atoms. The van der Waals surface area contributed by atoms with E-state index in [1.165, 1.54) is 0 Å². The minimum absolute atomic E-state index is 0.0833. The minimum Gasteiger partial charge on any atom is -0.395 e. The summed E-state index contributed by atoms with van der Waals surface area (Å²) in [6.45, 7) is 0.634. The van der Waals surface area contributed by atoms with Crippen molar-refractivity contribution in [2.75, 3.05) is 13.2 Å². The molecule has 2 aromatic carbocycles. The van der Waals surface area contributed by atoms with Gasteiger partial charge in [-0.15, -0.1) is 0 Å². The molecule has 21 heavy (non-hydrogen) atoms. The van der Waals surface area contributed by atoms with Gasteiger partial charge >= 0.3 is 0 Å². The lowest BCUT2D eigenvalue weighted by atomic mass is 10.1. The van der Waals surface area contributed by atoms with Crippen LogP contribution in [0.15, 0.2) is 60.7 Å². The lowest BCUT2D eigenvalue weighted by Crippen LogP contribution is -2.39. The maximum atomic E-state index is 12.5. The smallest absolute Gasteiger partial charge is 0.244 e. The number of aliphatic hydroxyl groups is 1. The molecule has 0 saturated heterocycles. The van der Waals surface area contributed by atoms with Gasteiger partial charge in [-0.3, -0.25) is 4.79 Å². The summed E-state index contributed by atoms with van der Waals surface area (Å²) in [5.41, 5.74) is 7.84. The molecule has 4 nitrogen and oxygen atoms in total. The summed E-state index contributed by atoms with van der Waals surface area (Å²) in [5.74, 6) is -0.181. The Labute approximate surface area is 124 Å². The number of rotatable bonds is 6. The molecular formula is C17H20N2O2. The van der Waals surface area contributed by atoms with E-state index < -0.39 is 6.04 Å². The summed E-state index contributed by atoms with van der Waals surface area (Å²) in [4.78, 5) is 14.1. The van der Waals surface area contributed by atoms with E-state index in [0.717, 1.165) is 11.1 Å². The van der Waals surface area contributed by atoms with Crippen molar-refractivity contribution in [1.29, 1.82) is 0 Å². The van der Waals surface area contributed by atoms with Crippen LogP contribution in [0, 0.1) is 0 Å². The Kier molecular flexibility index (Phi) is 5.49. The zero-order valence-electron chi connectivity index (χ0n) is 11.9. The van der Waals surface area contributed by atoms with Crippen LogP contribution < -0.4 is 5.73 Å². The Balaban J connectivity index is 2.12. The summed E-state index contributed by atoms with van der Waals surface area (Å²) in [6.07, 6.45) is 0. The number of aliphatic hydroxyl groups excluding tert-OH is 1. The maximum Gasteiger partial charge on any atom is 0.244 e. The third-order valence-corrected chi connectivity index (χ3v) is 3.32. The first-order valence-electron chi connectivity index (χ1n) is 6.96. The highest BCUT2D eigenvalue weighted by Crippen LogP contribution is 2.15. The van der Waals surface area contributed by atoms with Gasteiger partial charge in [-0.25, -0.2) is 0 Å². The van der Waals surface area contributed by atoms with Gasteiger partial charge in [0.1, 0.15) is 6.04 Å². The predicted molar refractivity (Wildman–Crippen MR) is 82.3 cm³/mol. The highest BCUT2D eigenvalue weighted by molar-refractivity contribution is 5.83. The fraction of sp³-hybridized carbons (Fsp3) is 0.235. The first-order chi connectivity index (χ1) is 10.2. The van der Waals surface area contributed by atoms with Crippen LogP contribution in [0.2, 0.25) is 0 Å². The molecule has 110 valence electrons. The van der Waals surface area contributed by atoms with Crippen molar-refractivity contribution in [3.05, 3.63) is 71.8 Å². The van der Waals surface area contributed by atoms with Crippen LogP contribution in [0.3, 0.4) is 0 Å². The summed E-state index contributed by atoms with van der Waals surface area (Å²) >= 11 is 0. The second kappa shape index (κ2) is 7.57. The molecule has 0 heterocycles. The van der Waals surface area contributed by atoms with E-state index in [2.05, 4.69) is 0 Å². The van der Waals surface area contributed by atoms with E-state index in [1.54, 1.807) is 4.90 Å². The van der Waals surface area contributed by atoms with E-state index in [4.69, 9.17) is 5.73 Å². The lowest BCUT2D eigenvalue weighted by molar-refractivity contribution is -0.133. The molecule has 0 saturated carbocycles. The third kappa shape index (κ3) is 4.15. The second-order valence-electron chi connectivity index (χ2n) is 4.86. The molecule has 1 amide bonds. The summed E-state index contributed by atoms with van der Waals surface area (Å²) in [5, 5.41) is 9.18. The number of carbonyl (C=O) groups is 1. The van der Waals surface area contributed by atoms with Gasteiger partial charge in [-0.1, -0.05) is 60.7 Å². The Morgan fingerprint density at radius 2 is 1.62 bits per heavy atom. The van der Waals surface area contributed by atoms with E-state index >= 15 is 0 Å². The first kappa shape index (κ1) is 15.2. The number of carbonyl (C=O) groups excluding carboxylic acids is 1. The highest BCUT2D eigenvalue weighted by Gasteiger charge is 2.22. The predicted octanol–water partition coefficient (Wildman–Crippen LogP) is 1.71. The largest absolute Gasteiger partial charge is 0.395 e. The number of nitrogens with two attached hydrogens (primary N) is 1. The molecule has 1 atom stereocenters. The van der Waals surface area contributed by atoms with Crippen LogP contribution in [-0.2, 0) is 11.3 Å². The van der Waals surface area contributed by atoms with Crippen molar-refractivity contribution >= 4 is 5.91 Å². The maximum absolute atomic E-state index is 12.5. The molecule has 0 unspecified atom stereocenters. The van der Waals surface area contributed by atoms with Gasteiger partial charge in [0.25, 0.3) is 0 Å². The number of hydrogen-bond donors (Lipinski definition) is 2. The van der Waals surface area contributed by atoms with Crippen LogP contribution in [0.1, 0.15) is 17.2 Å². The number of nitrogens with zero attached hydrogens (tertiary/aromatic N) is 1. The highest BCUT2D eigenvalue weighted by atomic mass is 16.3. The van der Waals surface area contributed by atoms with Gasteiger partial charge in [0.15, 0.2) is 0 Å². The topological polar surface area (TPSA) is 66.6 Å². The molecular weight excluding hydrogens is 264 g/mol. The number of amides is 1. The Bertz CT molecular complexity index is 558. The molecule has 0 aliphatic heterocycles. The third-order valence-electron chi connectivity index (χ3n) is 3.32. The molecule has 3 N–H and O–H groups in total. The Morgan fingerprint density at radius 3 is 2.19 bits per heavy atom. The summed E-state index contributed by atoms with van der Waals surface area (Å²) in [7, 11) is 0. The van der Waals surface area contributed by atoms with Crippen LogP contribution in [0.25, 0.3) is 0 Å². The van der Waals surface area contributed by atoms with Crippen LogP contribution >= 0.6 is 0 Å². The summed E-state index contributed by atoms with van der Waals surface area (Å²) < 4.78 is 0. The molecule has 0 fully saturated rings. The first-order valence-corrected chi connectivity index (χ1v) is 6.96. The van der Waals surface area contributed by atoms with Crippen molar-refractivity contribution in [3.63, 3.8) is 0 Å². The normalized spacial score (nSPS) is 11.9. The van der Waals surface area contributed by atoms with Crippen molar-refractivity contribution in [2.45, 2.75) is 12.6 Å². The summed E-state index contributed by atoms with van der Waals surface area (Å²) in [6, 6.07) is 18.2. The fourth-order valence-electron chi connectivity index (χ4n) is 2.19. The van der Waals surface area contributed by atoms with Gasteiger partial charge in [-0.05, 0) is 11.1 Å². The minimum atomic E-state index is -0.707. The van der Waals surface area contributed by atoms with E-state index in [9.17, 15) is 9.90 Å². The number of benzene rings is 2. The van der Waals surface area contributed by atoms with Gasteiger partial charge < -0.3 is 15.7 Å².